The third-order valence-electron chi connectivity index (χ3n) is 4.45. The molecule has 1 aliphatic rings. The number of hydrogen-bond donors (Lipinski definition) is 1. The Balaban J connectivity index is 1.91. The number of pyridine rings is 1. The van der Waals surface area contributed by atoms with Crippen molar-refractivity contribution in [2.45, 2.75) is 38.6 Å². The predicted molar refractivity (Wildman–Crippen MR) is 83.3 cm³/mol. The Hall–Kier alpha value is -1.46. The van der Waals surface area contributed by atoms with Crippen molar-refractivity contribution in [2.24, 2.45) is 0 Å². The highest BCUT2D eigenvalue weighted by Gasteiger charge is 2.24. The number of aliphatic hydroxyl groups excluding tert-OH is 1. The summed E-state index contributed by atoms with van der Waals surface area (Å²) in [5, 5.41) is 9.11. The molecule has 114 valence electrons. The van der Waals surface area contributed by atoms with E-state index < -0.39 is 0 Å². The highest BCUT2D eigenvalue weighted by molar-refractivity contribution is 5.71. The maximum absolute atomic E-state index is 9.11. The lowest BCUT2D eigenvalue weighted by atomic mass is 10.0. The van der Waals surface area contributed by atoms with Crippen LogP contribution in [-0.2, 0) is 6.42 Å². The third-order valence-corrected chi connectivity index (χ3v) is 4.45. The molecular weight excluding hydrogens is 264 g/mol. The number of aliphatic hydroxyl groups is 1. The molecule has 0 aliphatic carbocycles. The van der Waals surface area contributed by atoms with Crippen LogP contribution in [0, 0.1) is 0 Å². The molecule has 2 aromatic heterocycles. The van der Waals surface area contributed by atoms with Gasteiger partial charge in [0, 0.05) is 38.4 Å². The van der Waals surface area contributed by atoms with Crippen molar-refractivity contribution in [3.8, 4) is 0 Å². The van der Waals surface area contributed by atoms with Crippen LogP contribution in [0.4, 0.5) is 0 Å². The summed E-state index contributed by atoms with van der Waals surface area (Å²) in [6.45, 7) is 5.86. The van der Waals surface area contributed by atoms with E-state index in [0.29, 0.717) is 6.04 Å². The summed E-state index contributed by atoms with van der Waals surface area (Å²) >= 11 is 0. The molecule has 1 fully saturated rings. The van der Waals surface area contributed by atoms with Gasteiger partial charge < -0.3 is 14.6 Å². The molecule has 0 spiro atoms. The van der Waals surface area contributed by atoms with Gasteiger partial charge in [-0.15, -0.1) is 0 Å². The summed E-state index contributed by atoms with van der Waals surface area (Å²) in [5.41, 5.74) is 1.98. The van der Waals surface area contributed by atoms with E-state index in [4.69, 9.17) is 10.1 Å². The Kier molecular flexibility index (Phi) is 4.51. The van der Waals surface area contributed by atoms with Gasteiger partial charge in [-0.1, -0.05) is 6.92 Å². The highest BCUT2D eigenvalue weighted by Crippen LogP contribution is 2.28. The molecule has 1 aliphatic heterocycles. The van der Waals surface area contributed by atoms with Crippen molar-refractivity contribution >= 4 is 11.2 Å². The van der Waals surface area contributed by atoms with E-state index in [1.54, 1.807) is 0 Å². The summed E-state index contributed by atoms with van der Waals surface area (Å²) in [5.74, 6) is 1.08. The van der Waals surface area contributed by atoms with E-state index in [1.807, 2.05) is 18.3 Å². The van der Waals surface area contributed by atoms with Crippen molar-refractivity contribution in [1.82, 2.24) is 19.4 Å². The first-order chi connectivity index (χ1) is 10.3. The number of likely N-dealkylation sites (tertiary alicyclic amines) is 1. The Bertz CT molecular complexity index is 587. The summed E-state index contributed by atoms with van der Waals surface area (Å²) in [6, 6.07) is 4.46. The number of aromatic nitrogens is 3. The van der Waals surface area contributed by atoms with E-state index >= 15 is 0 Å². The van der Waals surface area contributed by atoms with Crippen LogP contribution in [0.2, 0.25) is 0 Å². The monoisotopic (exact) mass is 288 g/mol. The fraction of sp³-hybridized carbons (Fsp3) is 0.625. The molecule has 3 heterocycles. The fourth-order valence-corrected chi connectivity index (χ4v) is 3.27. The van der Waals surface area contributed by atoms with Crippen molar-refractivity contribution in [2.75, 3.05) is 26.2 Å². The largest absolute Gasteiger partial charge is 0.396 e. The van der Waals surface area contributed by atoms with Gasteiger partial charge in [0.1, 0.15) is 11.3 Å². The van der Waals surface area contributed by atoms with Gasteiger partial charge in [-0.3, -0.25) is 0 Å². The van der Waals surface area contributed by atoms with Crippen LogP contribution in [0.1, 0.15) is 38.1 Å². The second-order valence-corrected chi connectivity index (χ2v) is 5.74. The summed E-state index contributed by atoms with van der Waals surface area (Å²) in [4.78, 5) is 11.8. The Labute approximate surface area is 125 Å². The minimum atomic E-state index is 0.213. The van der Waals surface area contributed by atoms with Crippen LogP contribution in [0.15, 0.2) is 18.3 Å². The fourth-order valence-electron chi connectivity index (χ4n) is 3.27. The van der Waals surface area contributed by atoms with E-state index in [-0.39, 0.29) is 6.61 Å². The third kappa shape index (κ3) is 2.94. The van der Waals surface area contributed by atoms with Crippen LogP contribution in [0.3, 0.4) is 0 Å². The smallest absolute Gasteiger partial charge is 0.160 e. The predicted octanol–water partition coefficient (Wildman–Crippen LogP) is 2.01. The van der Waals surface area contributed by atoms with Gasteiger partial charge in [-0.2, -0.15) is 0 Å². The van der Waals surface area contributed by atoms with Gasteiger partial charge >= 0.3 is 0 Å². The molecule has 5 heteroatoms. The highest BCUT2D eigenvalue weighted by atomic mass is 16.2. The van der Waals surface area contributed by atoms with Crippen molar-refractivity contribution < 1.29 is 5.11 Å². The average Bonchev–Trinajstić information content (AvgIpc) is 2.91. The number of nitrogens with zero attached hydrogens (tertiary/aromatic N) is 4. The molecule has 0 atom stereocenters. The molecule has 0 saturated carbocycles. The van der Waals surface area contributed by atoms with E-state index in [9.17, 15) is 0 Å². The summed E-state index contributed by atoms with van der Waals surface area (Å²) in [7, 11) is 0. The van der Waals surface area contributed by atoms with Gasteiger partial charge in [-0.25, -0.2) is 9.97 Å². The maximum Gasteiger partial charge on any atom is 0.160 e. The molecule has 0 unspecified atom stereocenters. The average molecular weight is 288 g/mol. The summed E-state index contributed by atoms with van der Waals surface area (Å²) in [6.07, 6.45) is 5.74. The normalized spacial score (nSPS) is 17.6. The Morgan fingerprint density at radius 3 is 2.86 bits per heavy atom. The van der Waals surface area contributed by atoms with Crippen LogP contribution >= 0.6 is 0 Å². The van der Waals surface area contributed by atoms with Crippen LogP contribution in [0.25, 0.3) is 11.2 Å². The lowest BCUT2D eigenvalue weighted by Gasteiger charge is -2.32. The molecule has 21 heavy (non-hydrogen) atoms. The zero-order chi connectivity index (χ0) is 14.7. The minimum Gasteiger partial charge on any atom is -0.396 e. The minimum absolute atomic E-state index is 0.213. The molecule has 5 nitrogen and oxygen atoms in total. The zero-order valence-electron chi connectivity index (χ0n) is 12.7. The van der Waals surface area contributed by atoms with Gasteiger partial charge in [0.2, 0.25) is 0 Å². The van der Waals surface area contributed by atoms with Gasteiger partial charge in [0.15, 0.2) is 5.65 Å². The molecule has 0 radical (unpaired) electrons. The summed E-state index contributed by atoms with van der Waals surface area (Å²) < 4.78 is 2.33. The molecule has 1 N–H and O–H groups in total. The lowest BCUT2D eigenvalue weighted by Crippen LogP contribution is -2.34. The quantitative estimate of drug-likeness (QED) is 0.914. The van der Waals surface area contributed by atoms with Gasteiger partial charge in [-0.05, 0) is 37.9 Å². The Morgan fingerprint density at radius 2 is 2.14 bits per heavy atom. The first kappa shape index (κ1) is 14.5. The number of piperidine rings is 1. The molecular formula is C16H24N4O. The maximum atomic E-state index is 9.11. The first-order valence-electron chi connectivity index (χ1n) is 7.98. The zero-order valence-corrected chi connectivity index (χ0v) is 12.7. The SMILES string of the molecule is CCN1CCC(n2c(CCCO)nc3cccnc32)CC1. The first-order valence-corrected chi connectivity index (χ1v) is 7.98. The number of hydrogen-bond acceptors (Lipinski definition) is 4. The molecule has 0 bridgehead atoms. The second kappa shape index (κ2) is 6.54. The number of fused-ring (bicyclic) bond motifs is 1. The molecule has 2 aromatic rings. The topological polar surface area (TPSA) is 54.2 Å². The van der Waals surface area contributed by atoms with E-state index in [2.05, 4.69) is 21.4 Å². The molecule has 1 saturated heterocycles. The van der Waals surface area contributed by atoms with Gasteiger partial charge in [0.05, 0.1) is 0 Å². The second-order valence-electron chi connectivity index (χ2n) is 5.74. The van der Waals surface area contributed by atoms with Crippen LogP contribution in [-0.4, -0.2) is 50.8 Å². The number of rotatable bonds is 5. The Morgan fingerprint density at radius 1 is 1.33 bits per heavy atom. The van der Waals surface area contributed by atoms with Crippen LogP contribution < -0.4 is 0 Å². The lowest BCUT2D eigenvalue weighted by molar-refractivity contribution is 0.194. The van der Waals surface area contributed by atoms with Gasteiger partial charge in [0.25, 0.3) is 0 Å². The van der Waals surface area contributed by atoms with Crippen LogP contribution in [0.5, 0.6) is 0 Å². The number of imidazole rings is 1. The van der Waals surface area contributed by atoms with Crippen molar-refractivity contribution in [1.29, 1.82) is 0 Å². The standard InChI is InChI=1S/C16H24N4O/c1-2-19-10-7-13(8-11-19)20-15(6-4-12-21)18-14-5-3-9-17-16(14)20/h3,5,9,13,21H,2,4,6-8,10-12H2,1H3. The molecule has 3 rings (SSSR count). The van der Waals surface area contributed by atoms with Crippen molar-refractivity contribution in [3.05, 3.63) is 24.2 Å². The molecule has 0 amide bonds. The van der Waals surface area contributed by atoms with E-state index in [1.165, 1.54) is 0 Å². The van der Waals surface area contributed by atoms with Crippen molar-refractivity contribution in [3.63, 3.8) is 0 Å². The van der Waals surface area contributed by atoms with E-state index in [0.717, 1.165) is 62.3 Å². The molecule has 0 aromatic carbocycles. The number of aryl methyl sites for hydroxylation is 1.